The third-order valence-electron chi connectivity index (χ3n) is 3.53. The van der Waals surface area contributed by atoms with Crippen molar-refractivity contribution in [3.05, 3.63) is 75.0 Å². The first-order valence-corrected chi connectivity index (χ1v) is 7.41. The van der Waals surface area contributed by atoms with Crippen LogP contribution in [0.4, 0.5) is 0 Å². The van der Waals surface area contributed by atoms with Crippen LogP contribution in [0.25, 0.3) is 10.8 Å². The summed E-state index contributed by atoms with van der Waals surface area (Å²) in [4.78, 5) is 29.7. The fraction of sp³-hybridized carbons (Fsp3) is 0.0588. The minimum atomic E-state index is -0.878. The van der Waals surface area contributed by atoms with Crippen LogP contribution in [0.3, 0.4) is 0 Å². The third kappa shape index (κ3) is 2.79. The Labute approximate surface area is 141 Å². The van der Waals surface area contributed by atoms with Gasteiger partial charge in [-0.3, -0.25) is 9.59 Å². The highest BCUT2D eigenvalue weighted by atomic mass is 35.5. The van der Waals surface area contributed by atoms with E-state index in [1.165, 1.54) is 18.2 Å². The van der Waals surface area contributed by atoms with E-state index < -0.39 is 17.3 Å². The van der Waals surface area contributed by atoms with Crippen LogP contribution in [-0.2, 0) is 6.61 Å². The molecular weight excluding hydrogens is 332 g/mol. The fourth-order valence-corrected chi connectivity index (χ4v) is 2.59. The van der Waals surface area contributed by atoms with Gasteiger partial charge in [0.1, 0.15) is 12.2 Å². The number of benzene rings is 2. The monoisotopic (exact) mass is 344 g/mol. The number of nitrogens with two attached hydrogens (primary N) is 1. The normalized spacial score (nSPS) is 10.7. The minimum Gasteiger partial charge on any atom is -0.492 e. The second kappa shape index (κ2) is 6.25. The molecule has 0 aliphatic heterocycles. The van der Waals surface area contributed by atoms with Gasteiger partial charge in [-0.25, -0.2) is 0 Å². The number of halogens is 1. The first-order valence-electron chi connectivity index (χ1n) is 7.03. The first-order chi connectivity index (χ1) is 11.5. The van der Waals surface area contributed by atoms with Crippen LogP contribution in [0.15, 0.2) is 53.3 Å². The first kappa shape index (κ1) is 15.9. The lowest BCUT2D eigenvalue weighted by molar-refractivity contribution is 0.0703. The third-order valence-corrected chi connectivity index (χ3v) is 3.77. The van der Waals surface area contributed by atoms with Crippen molar-refractivity contribution in [1.29, 1.82) is 0 Å². The van der Waals surface area contributed by atoms with Crippen molar-refractivity contribution in [2.24, 2.45) is 5.73 Å². The zero-order valence-corrected chi connectivity index (χ0v) is 13.2. The SMILES string of the molecule is NC(=O)c1c(O)n(OCc2ccccc2)c(=O)c2cc(Cl)ccc12. The minimum absolute atomic E-state index is 0.0264. The van der Waals surface area contributed by atoms with Crippen molar-refractivity contribution in [3.8, 4) is 5.88 Å². The van der Waals surface area contributed by atoms with Crippen LogP contribution in [0.1, 0.15) is 15.9 Å². The van der Waals surface area contributed by atoms with Crippen molar-refractivity contribution in [1.82, 2.24) is 4.73 Å². The zero-order chi connectivity index (χ0) is 17.3. The summed E-state index contributed by atoms with van der Waals surface area (Å²) in [6.45, 7) is 0.0264. The van der Waals surface area contributed by atoms with Gasteiger partial charge in [-0.05, 0) is 17.7 Å². The van der Waals surface area contributed by atoms with Gasteiger partial charge in [0.15, 0.2) is 0 Å². The molecule has 0 aliphatic rings. The van der Waals surface area contributed by atoms with Crippen LogP contribution >= 0.6 is 11.6 Å². The Balaban J connectivity index is 2.16. The average Bonchev–Trinajstić information content (AvgIpc) is 2.56. The molecule has 0 aliphatic carbocycles. The molecule has 3 N–H and O–H groups in total. The van der Waals surface area contributed by atoms with Gasteiger partial charge in [0.05, 0.1) is 5.39 Å². The number of pyridine rings is 1. The second-order valence-corrected chi connectivity index (χ2v) is 5.55. The van der Waals surface area contributed by atoms with E-state index in [2.05, 4.69) is 0 Å². The number of fused-ring (bicyclic) bond motifs is 1. The highest BCUT2D eigenvalue weighted by Gasteiger charge is 2.21. The van der Waals surface area contributed by atoms with Gasteiger partial charge in [-0.2, -0.15) is 0 Å². The average molecular weight is 345 g/mol. The summed E-state index contributed by atoms with van der Waals surface area (Å²) in [6, 6.07) is 13.4. The summed E-state index contributed by atoms with van der Waals surface area (Å²) in [5.74, 6) is -1.52. The van der Waals surface area contributed by atoms with Gasteiger partial charge in [-0.1, -0.05) is 48.0 Å². The molecule has 1 amide bonds. The molecule has 0 radical (unpaired) electrons. The highest BCUT2D eigenvalue weighted by molar-refractivity contribution is 6.31. The van der Waals surface area contributed by atoms with E-state index in [0.29, 0.717) is 9.75 Å². The molecule has 0 spiro atoms. The van der Waals surface area contributed by atoms with E-state index in [1.54, 1.807) is 12.1 Å². The van der Waals surface area contributed by atoms with Crippen molar-refractivity contribution < 1.29 is 14.7 Å². The quantitative estimate of drug-likeness (QED) is 0.757. The smallest absolute Gasteiger partial charge is 0.294 e. The van der Waals surface area contributed by atoms with Gasteiger partial charge in [0.2, 0.25) is 5.88 Å². The largest absolute Gasteiger partial charge is 0.492 e. The number of carbonyl (C=O) groups excluding carboxylic acids is 1. The van der Waals surface area contributed by atoms with E-state index >= 15 is 0 Å². The second-order valence-electron chi connectivity index (χ2n) is 5.11. The lowest BCUT2D eigenvalue weighted by atomic mass is 10.1. The lowest BCUT2D eigenvalue weighted by Gasteiger charge is -2.14. The van der Waals surface area contributed by atoms with Crippen molar-refractivity contribution >= 4 is 28.3 Å². The highest BCUT2D eigenvalue weighted by Crippen LogP contribution is 2.26. The molecule has 2 aromatic carbocycles. The fourth-order valence-electron chi connectivity index (χ4n) is 2.42. The van der Waals surface area contributed by atoms with Crippen molar-refractivity contribution in [2.75, 3.05) is 0 Å². The van der Waals surface area contributed by atoms with Gasteiger partial charge < -0.3 is 15.7 Å². The number of carbonyl (C=O) groups is 1. The van der Waals surface area contributed by atoms with E-state index in [0.717, 1.165) is 5.56 Å². The van der Waals surface area contributed by atoms with Crippen molar-refractivity contribution in [3.63, 3.8) is 0 Å². The predicted octanol–water partition coefficient (Wildman–Crippen LogP) is 2.09. The van der Waals surface area contributed by atoms with Crippen LogP contribution in [-0.4, -0.2) is 15.7 Å². The summed E-state index contributed by atoms with van der Waals surface area (Å²) in [6.07, 6.45) is 0. The van der Waals surface area contributed by atoms with E-state index in [9.17, 15) is 14.7 Å². The Morgan fingerprint density at radius 1 is 1.17 bits per heavy atom. The maximum absolute atomic E-state index is 12.6. The van der Waals surface area contributed by atoms with Crippen LogP contribution in [0.2, 0.25) is 5.02 Å². The molecule has 0 fully saturated rings. The molecule has 3 aromatic rings. The number of rotatable bonds is 4. The molecule has 0 unspecified atom stereocenters. The number of aromatic nitrogens is 1. The maximum atomic E-state index is 12.6. The van der Waals surface area contributed by atoms with Crippen molar-refractivity contribution in [2.45, 2.75) is 6.61 Å². The molecule has 24 heavy (non-hydrogen) atoms. The number of aromatic hydroxyl groups is 1. The Morgan fingerprint density at radius 3 is 2.54 bits per heavy atom. The molecule has 0 bridgehead atoms. The molecule has 3 rings (SSSR count). The Bertz CT molecular complexity index is 983. The zero-order valence-electron chi connectivity index (χ0n) is 12.4. The molecule has 0 saturated carbocycles. The number of amides is 1. The van der Waals surface area contributed by atoms with Gasteiger partial charge >= 0.3 is 0 Å². The van der Waals surface area contributed by atoms with Gasteiger partial charge in [-0.15, -0.1) is 4.73 Å². The van der Waals surface area contributed by atoms with E-state index in [-0.39, 0.29) is 22.9 Å². The number of hydrogen-bond donors (Lipinski definition) is 2. The summed E-state index contributed by atoms with van der Waals surface area (Å²) >= 11 is 5.92. The Kier molecular flexibility index (Phi) is 4.14. The van der Waals surface area contributed by atoms with E-state index in [4.69, 9.17) is 22.2 Å². The lowest BCUT2D eigenvalue weighted by Crippen LogP contribution is -2.29. The van der Waals surface area contributed by atoms with Crippen LogP contribution < -0.4 is 16.1 Å². The van der Waals surface area contributed by atoms with E-state index in [1.807, 2.05) is 18.2 Å². The molecule has 1 aromatic heterocycles. The summed E-state index contributed by atoms with van der Waals surface area (Å²) in [7, 11) is 0. The summed E-state index contributed by atoms with van der Waals surface area (Å²) in [5.41, 5.74) is 5.30. The van der Waals surface area contributed by atoms with Crippen LogP contribution in [0, 0.1) is 0 Å². The molecule has 1 heterocycles. The summed E-state index contributed by atoms with van der Waals surface area (Å²) in [5, 5.41) is 10.9. The number of nitrogens with zero attached hydrogens (tertiary/aromatic N) is 1. The topological polar surface area (TPSA) is 94.6 Å². The predicted molar refractivity (Wildman–Crippen MR) is 90.1 cm³/mol. The van der Waals surface area contributed by atoms with Gasteiger partial charge in [0.25, 0.3) is 11.5 Å². The number of hydrogen-bond acceptors (Lipinski definition) is 4. The number of primary amides is 1. The van der Waals surface area contributed by atoms with Gasteiger partial charge in [0, 0.05) is 10.4 Å². The molecule has 0 atom stereocenters. The molecular formula is C17H13ClN2O4. The molecule has 6 nitrogen and oxygen atoms in total. The maximum Gasteiger partial charge on any atom is 0.294 e. The Hall–Kier alpha value is -2.99. The summed E-state index contributed by atoms with van der Waals surface area (Å²) < 4.78 is 0.658. The molecule has 122 valence electrons. The standard InChI is InChI=1S/C17H13ClN2O4/c18-11-6-7-12-13(8-11)16(22)20(17(23)14(12)15(19)21)24-9-10-4-2-1-3-5-10/h1-8,23H,9H2,(H2,19,21). The molecule has 7 heteroatoms. The van der Waals surface area contributed by atoms with Crippen LogP contribution in [0.5, 0.6) is 5.88 Å². The molecule has 0 saturated heterocycles. The Morgan fingerprint density at radius 2 is 1.88 bits per heavy atom.